The first-order valence-electron chi connectivity index (χ1n) is 7.70. The van der Waals surface area contributed by atoms with Gasteiger partial charge in [-0.25, -0.2) is 4.79 Å². The van der Waals surface area contributed by atoms with Gasteiger partial charge in [-0.05, 0) is 45.7 Å². The normalized spacial score (nSPS) is 24.6. The van der Waals surface area contributed by atoms with Crippen LogP contribution in [0.1, 0.15) is 50.4 Å². The Kier molecular flexibility index (Phi) is 5.65. The van der Waals surface area contributed by atoms with Gasteiger partial charge in [0.2, 0.25) is 0 Å². The molecule has 0 aliphatic carbocycles. The van der Waals surface area contributed by atoms with E-state index in [1.54, 1.807) is 24.3 Å². The fraction of sp³-hybridized carbons (Fsp3) is 0.588. The smallest absolute Gasteiger partial charge is 0.339 e. The molecule has 1 aliphatic rings. The SMILES string of the molecule is C[C@H](CN1[C@H](C)CCC[C@H]1C)OC(=O)c1ccccc1Cl. The van der Waals surface area contributed by atoms with Gasteiger partial charge in [-0.3, -0.25) is 4.90 Å². The van der Waals surface area contributed by atoms with Crippen LogP contribution in [0.2, 0.25) is 5.02 Å². The van der Waals surface area contributed by atoms with Gasteiger partial charge in [-0.15, -0.1) is 0 Å². The van der Waals surface area contributed by atoms with E-state index in [4.69, 9.17) is 16.3 Å². The van der Waals surface area contributed by atoms with Crippen molar-refractivity contribution in [2.24, 2.45) is 0 Å². The third kappa shape index (κ3) is 4.21. The molecule has 3 nitrogen and oxygen atoms in total. The molecule has 0 N–H and O–H groups in total. The molecule has 1 saturated heterocycles. The Bertz CT molecular complexity index is 481. The quantitative estimate of drug-likeness (QED) is 0.783. The number of nitrogens with zero attached hydrogens (tertiary/aromatic N) is 1. The maximum absolute atomic E-state index is 12.2. The average molecular weight is 310 g/mol. The molecule has 1 heterocycles. The molecule has 3 atom stereocenters. The summed E-state index contributed by atoms with van der Waals surface area (Å²) in [7, 11) is 0. The van der Waals surface area contributed by atoms with E-state index < -0.39 is 0 Å². The highest BCUT2D eigenvalue weighted by molar-refractivity contribution is 6.33. The van der Waals surface area contributed by atoms with Gasteiger partial charge in [0.15, 0.2) is 0 Å². The lowest BCUT2D eigenvalue weighted by atomic mass is 9.97. The Morgan fingerprint density at radius 1 is 1.33 bits per heavy atom. The number of esters is 1. The minimum atomic E-state index is -0.342. The summed E-state index contributed by atoms with van der Waals surface area (Å²) in [6.45, 7) is 7.22. The molecule has 0 unspecified atom stereocenters. The van der Waals surface area contributed by atoms with Crippen molar-refractivity contribution in [3.8, 4) is 0 Å². The maximum atomic E-state index is 12.2. The Morgan fingerprint density at radius 2 is 1.95 bits per heavy atom. The van der Waals surface area contributed by atoms with Crippen LogP contribution in [0, 0.1) is 0 Å². The van der Waals surface area contributed by atoms with Crippen LogP contribution in [0.5, 0.6) is 0 Å². The molecule has 0 amide bonds. The van der Waals surface area contributed by atoms with Gasteiger partial charge in [0, 0.05) is 18.6 Å². The number of hydrogen-bond acceptors (Lipinski definition) is 3. The molecule has 0 spiro atoms. The Morgan fingerprint density at radius 3 is 2.57 bits per heavy atom. The van der Waals surface area contributed by atoms with Gasteiger partial charge in [0.1, 0.15) is 6.10 Å². The lowest BCUT2D eigenvalue weighted by molar-refractivity contribution is 0.00813. The molecule has 0 bridgehead atoms. The zero-order chi connectivity index (χ0) is 15.4. The van der Waals surface area contributed by atoms with Crippen LogP contribution in [0.25, 0.3) is 0 Å². The molecular formula is C17H24ClNO2. The highest BCUT2D eigenvalue weighted by atomic mass is 35.5. The Balaban J connectivity index is 1.93. The van der Waals surface area contributed by atoms with E-state index in [1.165, 1.54) is 19.3 Å². The molecule has 0 saturated carbocycles. The number of ether oxygens (including phenoxy) is 1. The second kappa shape index (κ2) is 7.28. The predicted molar refractivity (Wildman–Crippen MR) is 85.8 cm³/mol. The van der Waals surface area contributed by atoms with E-state index >= 15 is 0 Å². The van der Waals surface area contributed by atoms with E-state index in [9.17, 15) is 4.79 Å². The van der Waals surface area contributed by atoms with Crippen molar-refractivity contribution in [1.82, 2.24) is 4.90 Å². The zero-order valence-corrected chi connectivity index (χ0v) is 13.8. The second-order valence-electron chi connectivity index (χ2n) is 6.02. The number of rotatable bonds is 4. The summed E-state index contributed by atoms with van der Waals surface area (Å²) < 4.78 is 5.55. The topological polar surface area (TPSA) is 29.5 Å². The molecule has 1 aromatic rings. The summed E-state index contributed by atoms with van der Waals surface area (Å²) in [5, 5.41) is 0.439. The number of carbonyl (C=O) groups is 1. The van der Waals surface area contributed by atoms with Crippen molar-refractivity contribution in [3.05, 3.63) is 34.9 Å². The molecule has 0 aromatic heterocycles. The summed E-state index contributed by atoms with van der Waals surface area (Å²) in [6.07, 6.45) is 3.58. The third-order valence-corrected chi connectivity index (χ3v) is 4.58. The minimum absolute atomic E-state index is 0.142. The van der Waals surface area contributed by atoms with Gasteiger partial charge >= 0.3 is 5.97 Å². The van der Waals surface area contributed by atoms with Crippen LogP contribution >= 0.6 is 11.6 Å². The monoisotopic (exact) mass is 309 g/mol. The van der Waals surface area contributed by atoms with Crippen LogP contribution in [0.3, 0.4) is 0 Å². The van der Waals surface area contributed by atoms with Crippen LogP contribution < -0.4 is 0 Å². The fourth-order valence-electron chi connectivity index (χ4n) is 3.04. The number of likely N-dealkylation sites (tertiary alicyclic amines) is 1. The van der Waals surface area contributed by atoms with Crippen LogP contribution in [0.15, 0.2) is 24.3 Å². The molecule has 4 heteroatoms. The van der Waals surface area contributed by atoms with Crippen molar-refractivity contribution in [2.75, 3.05) is 6.54 Å². The van der Waals surface area contributed by atoms with Crippen LogP contribution in [0.4, 0.5) is 0 Å². The molecule has 21 heavy (non-hydrogen) atoms. The van der Waals surface area contributed by atoms with Crippen molar-refractivity contribution in [1.29, 1.82) is 0 Å². The predicted octanol–water partition coefficient (Wildman–Crippen LogP) is 4.15. The van der Waals surface area contributed by atoms with E-state index in [2.05, 4.69) is 18.7 Å². The summed E-state index contributed by atoms with van der Waals surface area (Å²) in [5.74, 6) is -0.342. The van der Waals surface area contributed by atoms with Crippen molar-refractivity contribution >= 4 is 17.6 Å². The summed E-state index contributed by atoms with van der Waals surface area (Å²) in [6, 6.07) is 8.10. The number of carbonyl (C=O) groups excluding carboxylic acids is 1. The minimum Gasteiger partial charge on any atom is -0.458 e. The number of benzene rings is 1. The standard InChI is InChI=1S/C17H24ClNO2/c1-12-7-6-8-13(2)19(12)11-14(3)21-17(20)15-9-4-5-10-16(15)18/h4-5,9-10,12-14H,6-8,11H2,1-3H3/t12-,13-,14-/m1/s1. The Labute approximate surface area is 132 Å². The highest BCUT2D eigenvalue weighted by Crippen LogP contribution is 2.23. The lowest BCUT2D eigenvalue weighted by Crippen LogP contribution is -2.47. The first-order valence-corrected chi connectivity index (χ1v) is 8.08. The van der Waals surface area contributed by atoms with E-state index in [-0.39, 0.29) is 12.1 Å². The van der Waals surface area contributed by atoms with Crippen molar-refractivity contribution in [2.45, 2.75) is 58.2 Å². The molecule has 2 rings (SSSR count). The van der Waals surface area contributed by atoms with E-state index in [0.717, 1.165) is 6.54 Å². The largest absolute Gasteiger partial charge is 0.458 e. The fourth-order valence-corrected chi connectivity index (χ4v) is 3.25. The highest BCUT2D eigenvalue weighted by Gasteiger charge is 2.27. The van der Waals surface area contributed by atoms with Gasteiger partial charge in [-0.2, -0.15) is 0 Å². The number of hydrogen-bond donors (Lipinski definition) is 0. The van der Waals surface area contributed by atoms with Crippen molar-refractivity contribution in [3.63, 3.8) is 0 Å². The van der Waals surface area contributed by atoms with Crippen LogP contribution in [-0.2, 0) is 4.74 Å². The maximum Gasteiger partial charge on any atom is 0.339 e. The average Bonchev–Trinajstić information content (AvgIpc) is 2.43. The molecular weight excluding hydrogens is 286 g/mol. The molecule has 116 valence electrons. The summed E-state index contributed by atoms with van der Waals surface area (Å²) in [5.41, 5.74) is 0.436. The van der Waals surface area contributed by atoms with E-state index in [0.29, 0.717) is 22.7 Å². The van der Waals surface area contributed by atoms with Gasteiger partial charge in [-0.1, -0.05) is 30.2 Å². The van der Waals surface area contributed by atoms with Gasteiger partial charge in [0.25, 0.3) is 0 Å². The van der Waals surface area contributed by atoms with E-state index in [1.807, 2.05) is 6.92 Å². The van der Waals surface area contributed by atoms with Gasteiger partial charge < -0.3 is 4.74 Å². The number of halogens is 1. The first-order chi connectivity index (χ1) is 9.99. The van der Waals surface area contributed by atoms with Crippen LogP contribution in [-0.4, -0.2) is 35.6 Å². The third-order valence-electron chi connectivity index (χ3n) is 4.25. The molecule has 0 radical (unpaired) electrons. The molecule has 1 fully saturated rings. The number of piperidine rings is 1. The summed E-state index contributed by atoms with van der Waals surface area (Å²) in [4.78, 5) is 14.6. The summed E-state index contributed by atoms with van der Waals surface area (Å²) >= 11 is 6.03. The van der Waals surface area contributed by atoms with Gasteiger partial charge in [0.05, 0.1) is 10.6 Å². The molecule has 1 aromatic carbocycles. The second-order valence-corrected chi connectivity index (χ2v) is 6.43. The lowest BCUT2D eigenvalue weighted by Gasteiger charge is -2.40. The van der Waals surface area contributed by atoms with Crippen molar-refractivity contribution < 1.29 is 9.53 Å². The first kappa shape index (κ1) is 16.3. The molecule has 1 aliphatic heterocycles. The Hall–Kier alpha value is -1.06. The zero-order valence-electron chi connectivity index (χ0n) is 13.0.